The van der Waals surface area contributed by atoms with Crippen molar-refractivity contribution < 1.29 is 0 Å². The lowest BCUT2D eigenvalue weighted by Crippen LogP contribution is -2.20. The Morgan fingerprint density at radius 2 is 1.95 bits per heavy atom. The van der Waals surface area contributed by atoms with Gasteiger partial charge >= 0.3 is 0 Å². The van der Waals surface area contributed by atoms with Crippen LogP contribution in [0.1, 0.15) is 22.7 Å². The Balaban J connectivity index is 2.28. The first-order valence-electron chi connectivity index (χ1n) is 6.28. The van der Waals surface area contributed by atoms with E-state index in [1.807, 2.05) is 25.2 Å². The molecule has 3 heteroatoms. The highest BCUT2D eigenvalue weighted by molar-refractivity contribution is 9.10. The van der Waals surface area contributed by atoms with E-state index in [2.05, 4.69) is 52.4 Å². The van der Waals surface area contributed by atoms with E-state index < -0.39 is 0 Å². The average molecular weight is 339 g/mol. The monoisotopic (exact) mass is 337 g/mol. The second-order valence-corrected chi connectivity index (χ2v) is 5.96. The molecule has 0 radical (unpaired) electrons. The first kappa shape index (κ1) is 14.6. The fraction of sp³-hybridized carbons (Fsp3) is 0.250. The summed E-state index contributed by atoms with van der Waals surface area (Å²) >= 11 is 9.75. The summed E-state index contributed by atoms with van der Waals surface area (Å²) in [6, 6.07) is 14.7. The largest absolute Gasteiger partial charge is 0.313 e. The standard InChI is InChI=1S/C16H17BrClN/c1-11-9-13(17)7-8-14(11)16(19-2)10-12-5-3-4-6-15(12)18/h3-9,16,19H,10H2,1-2H3. The van der Waals surface area contributed by atoms with Crippen LogP contribution in [0.25, 0.3) is 0 Å². The van der Waals surface area contributed by atoms with Gasteiger partial charge in [-0.1, -0.05) is 51.8 Å². The van der Waals surface area contributed by atoms with Gasteiger partial charge in [-0.3, -0.25) is 0 Å². The molecule has 0 aliphatic heterocycles. The SMILES string of the molecule is CNC(Cc1ccccc1Cl)c1ccc(Br)cc1C. The van der Waals surface area contributed by atoms with Gasteiger partial charge in [-0.25, -0.2) is 0 Å². The molecule has 0 aliphatic rings. The van der Waals surface area contributed by atoms with E-state index in [0.717, 1.165) is 15.9 Å². The molecule has 0 amide bonds. The van der Waals surface area contributed by atoms with Crippen molar-refractivity contribution in [1.29, 1.82) is 0 Å². The minimum Gasteiger partial charge on any atom is -0.313 e. The van der Waals surface area contributed by atoms with E-state index >= 15 is 0 Å². The van der Waals surface area contributed by atoms with Gasteiger partial charge in [0.05, 0.1) is 0 Å². The van der Waals surface area contributed by atoms with Crippen molar-refractivity contribution in [2.24, 2.45) is 0 Å². The van der Waals surface area contributed by atoms with Crippen LogP contribution in [0, 0.1) is 6.92 Å². The van der Waals surface area contributed by atoms with Gasteiger partial charge in [-0.15, -0.1) is 0 Å². The van der Waals surface area contributed by atoms with Gasteiger partial charge < -0.3 is 5.32 Å². The zero-order valence-corrected chi connectivity index (χ0v) is 13.4. The second kappa shape index (κ2) is 6.56. The molecule has 2 rings (SSSR count). The van der Waals surface area contributed by atoms with Gasteiger partial charge in [-0.2, -0.15) is 0 Å². The van der Waals surface area contributed by atoms with Crippen LogP contribution in [0.5, 0.6) is 0 Å². The van der Waals surface area contributed by atoms with E-state index in [1.165, 1.54) is 16.7 Å². The van der Waals surface area contributed by atoms with Gasteiger partial charge in [0, 0.05) is 15.5 Å². The molecule has 0 aromatic heterocycles. The molecule has 0 heterocycles. The molecule has 1 nitrogen and oxygen atoms in total. The lowest BCUT2D eigenvalue weighted by atomic mass is 9.95. The van der Waals surface area contributed by atoms with Crippen molar-refractivity contribution in [2.75, 3.05) is 7.05 Å². The molecule has 0 bridgehead atoms. The number of rotatable bonds is 4. The third-order valence-electron chi connectivity index (χ3n) is 3.34. The first-order valence-corrected chi connectivity index (χ1v) is 7.45. The van der Waals surface area contributed by atoms with Gasteiger partial charge in [0.15, 0.2) is 0 Å². The van der Waals surface area contributed by atoms with Gasteiger partial charge in [0.1, 0.15) is 0 Å². The molecule has 0 aliphatic carbocycles. The second-order valence-electron chi connectivity index (χ2n) is 4.64. The summed E-state index contributed by atoms with van der Waals surface area (Å²) in [6.45, 7) is 2.14. The summed E-state index contributed by atoms with van der Waals surface area (Å²) in [6.07, 6.45) is 0.888. The number of hydrogen-bond donors (Lipinski definition) is 1. The van der Waals surface area contributed by atoms with Crippen LogP contribution in [0.15, 0.2) is 46.9 Å². The predicted octanol–water partition coefficient (Wildman–Crippen LogP) is 4.91. The Bertz CT molecular complexity index is 568. The topological polar surface area (TPSA) is 12.0 Å². The van der Waals surface area contributed by atoms with E-state index in [-0.39, 0.29) is 6.04 Å². The summed E-state index contributed by atoms with van der Waals surface area (Å²) in [7, 11) is 1.99. The van der Waals surface area contributed by atoms with Crippen LogP contribution in [0.3, 0.4) is 0 Å². The lowest BCUT2D eigenvalue weighted by molar-refractivity contribution is 0.589. The normalized spacial score (nSPS) is 12.4. The molecule has 0 fully saturated rings. The highest BCUT2D eigenvalue weighted by Crippen LogP contribution is 2.26. The summed E-state index contributed by atoms with van der Waals surface area (Å²) < 4.78 is 1.11. The van der Waals surface area contributed by atoms with Gasteiger partial charge in [0.25, 0.3) is 0 Å². The van der Waals surface area contributed by atoms with E-state index in [0.29, 0.717) is 0 Å². The van der Waals surface area contributed by atoms with Crippen molar-refractivity contribution in [3.05, 3.63) is 68.7 Å². The van der Waals surface area contributed by atoms with Gasteiger partial charge in [0.2, 0.25) is 0 Å². The Morgan fingerprint density at radius 1 is 1.21 bits per heavy atom. The Labute approximate surface area is 128 Å². The number of halogens is 2. The molecule has 1 N–H and O–H groups in total. The van der Waals surface area contributed by atoms with Crippen LogP contribution < -0.4 is 5.32 Å². The highest BCUT2D eigenvalue weighted by Gasteiger charge is 2.14. The highest BCUT2D eigenvalue weighted by atomic mass is 79.9. The number of benzene rings is 2. The van der Waals surface area contributed by atoms with Crippen molar-refractivity contribution in [2.45, 2.75) is 19.4 Å². The Morgan fingerprint density at radius 3 is 2.58 bits per heavy atom. The summed E-state index contributed by atoms with van der Waals surface area (Å²) in [5.41, 5.74) is 3.76. The molecule has 0 saturated carbocycles. The summed E-state index contributed by atoms with van der Waals surface area (Å²) in [5.74, 6) is 0. The van der Waals surface area contributed by atoms with Crippen molar-refractivity contribution >= 4 is 27.5 Å². The molecule has 2 aromatic carbocycles. The third kappa shape index (κ3) is 3.59. The van der Waals surface area contributed by atoms with Crippen LogP contribution in [-0.4, -0.2) is 7.05 Å². The zero-order chi connectivity index (χ0) is 13.8. The Kier molecular flexibility index (Phi) is 5.03. The fourth-order valence-electron chi connectivity index (χ4n) is 2.28. The smallest absolute Gasteiger partial charge is 0.0438 e. The molecule has 1 atom stereocenters. The van der Waals surface area contributed by atoms with Crippen LogP contribution in [0.2, 0.25) is 5.02 Å². The van der Waals surface area contributed by atoms with E-state index in [9.17, 15) is 0 Å². The zero-order valence-electron chi connectivity index (χ0n) is 11.1. The fourth-order valence-corrected chi connectivity index (χ4v) is 2.97. The number of hydrogen-bond acceptors (Lipinski definition) is 1. The van der Waals surface area contributed by atoms with Crippen LogP contribution in [0.4, 0.5) is 0 Å². The van der Waals surface area contributed by atoms with E-state index in [4.69, 9.17) is 11.6 Å². The first-order chi connectivity index (χ1) is 9.11. The maximum atomic E-state index is 6.24. The molecule has 0 saturated heterocycles. The van der Waals surface area contributed by atoms with Crippen LogP contribution in [-0.2, 0) is 6.42 Å². The quantitative estimate of drug-likeness (QED) is 0.835. The van der Waals surface area contributed by atoms with Crippen LogP contribution >= 0.6 is 27.5 Å². The third-order valence-corrected chi connectivity index (χ3v) is 4.20. The van der Waals surface area contributed by atoms with Gasteiger partial charge in [-0.05, 0) is 55.3 Å². The lowest BCUT2D eigenvalue weighted by Gasteiger charge is -2.20. The maximum Gasteiger partial charge on any atom is 0.0438 e. The minimum absolute atomic E-state index is 0.271. The maximum absolute atomic E-state index is 6.24. The summed E-state index contributed by atoms with van der Waals surface area (Å²) in [4.78, 5) is 0. The average Bonchev–Trinajstić information content (AvgIpc) is 2.39. The Hall–Kier alpha value is -0.830. The molecule has 0 spiro atoms. The molecule has 1 unspecified atom stereocenters. The number of nitrogens with one attached hydrogen (secondary N) is 1. The molecular weight excluding hydrogens is 322 g/mol. The number of likely N-dealkylation sites (N-methyl/N-ethyl adjacent to an activating group) is 1. The van der Waals surface area contributed by atoms with Crippen molar-refractivity contribution in [1.82, 2.24) is 5.32 Å². The number of aryl methyl sites for hydroxylation is 1. The molecule has 100 valence electrons. The van der Waals surface area contributed by atoms with E-state index in [1.54, 1.807) is 0 Å². The summed E-state index contributed by atoms with van der Waals surface area (Å²) in [5, 5.41) is 4.21. The van der Waals surface area contributed by atoms with Crippen molar-refractivity contribution in [3.63, 3.8) is 0 Å². The molecule has 2 aromatic rings. The minimum atomic E-state index is 0.271. The molecular formula is C16H17BrClN. The predicted molar refractivity (Wildman–Crippen MR) is 85.8 cm³/mol. The van der Waals surface area contributed by atoms with Crippen molar-refractivity contribution in [3.8, 4) is 0 Å². The molecule has 19 heavy (non-hydrogen) atoms.